The molecular formula is C15H18. The maximum atomic E-state index is 2.36. The molecule has 0 bridgehead atoms. The molecule has 0 saturated carbocycles. The van der Waals surface area contributed by atoms with Gasteiger partial charge in [-0.25, -0.2) is 0 Å². The maximum absolute atomic E-state index is 2.36. The zero-order valence-electron chi connectivity index (χ0n) is 9.53. The number of hydrogen-bond acceptors (Lipinski definition) is 0. The first-order valence-electron chi connectivity index (χ1n) is 5.58. The van der Waals surface area contributed by atoms with Crippen LogP contribution in [-0.4, -0.2) is 0 Å². The van der Waals surface area contributed by atoms with Crippen LogP contribution in [0.1, 0.15) is 25.8 Å². The van der Waals surface area contributed by atoms with Crippen molar-refractivity contribution in [3.05, 3.63) is 59.7 Å². The second-order valence-corrected chi connectivity index (χ2v) is 4.80. The van der Waals surface area contributed by atoms with E-state index < -0.39 is 0 Å². The van der Waals surface area contributed by atoms with E-state index in [1.54, 1.807) is 0 Å². The van der Waals surface area contributed by atoms with Crippen molar-refractivity contribution in [2.24, 2.45) is 5.41 Å². The van der Waals surface area contributed by atoms with E-state index in [0.717, 1.165) is 12.8 Å². The van der Waals surface area contributed by atoms with Gasteiger partial charge >= 0.3 is 0 Å². The van der Waals surface area contributed by atoms with Gasteiger partial charge in [-0.1, -0.05) is 61.1 Å². The van der Waals surface area contributed by atoms with Gasteiger partial charge in [-0.05, 0) is 30.7 Å². The smallest absolute Gasteiger partial charge is 0.00683 e. The molecule has 1 atom stereocenters. The van der Waals surface area contributed by atoms with Crippen LogP contribution in [-0.2, 0) is 6.42 Å². The Balaban J connectivity index is 2.10. The van der Waals surface area contributed by atoms with Gasteiger partial charge in [0.05, 0.1) is 0 Å². The summed E-state index contributed by atoms with van der Waals surface area (Å²) in [4.78, 5) is 0. The second kappa shape index (κ2) is 4.06. The molecule has 1 unspecified atom stereocenters. The van der Waals surface area contributed by atoms with E-state index >= 15 is 0 Å². The van der Waals surface area contributed by atoms with E-state index in [1.165, 1.54) is 11.1 Å². The monoisotopic (exact) mass is 198 g/mol. The second-order valence-electron chi connectivity index (χ2n) is 4.80. The van der Waals surface area contributed by atoms with Crippen LogP contribution in [0.4, 0.5) is 0 Å². The van der Waals surface area contributed by atoms with E-state index in [2.05, 4.69) is 62.4 Å². The molecule has 0 radical (unpaired) electrons. The van der Waals surface area contributed by atoms with Gasteiger partial charge in [-0.15, -0.1) is 0 Å². The highest BCUT2D eigenvalue weighted by molar-refractivity contribution is 5.27. The third kappa shape index (κ3) is 2.59. The summed E-state index contributed by atoms with van der Waals surface area (Å²) in [7, 11) is 0. The van der Waals surface area contributed by atoms with Gasteiger partial charge < -0.3 is 0 Å². The summed E-state index contributed by atoms with van der Waals surface area (Å²) in [6.07, 6.45) is 9.23. The van der Waals surface area contributed by atoms with Crippen LogP contribution in [0.15, 0.2) is 54.1 Å². The average Bonchev–Trinajstić information content (AvgIpc) is 2.24. The molecule has 0 aliphatic heterocycles. The quantitative estimate of drug-likeness (QED) is 0.670. The first-order chi connectivity index (χ1) is 7.18. The Morgan fingerprint density at radius 3 is 2.53 bits per heavy atom. The largest absolute Gasteiger partial charge is 0.0807 e. The molecular weight excluding hydrogens is 180 g/mol. The highest BCUT2D eigenvalue weighted by Gasteiger charge is 2.21. The van der Waals surface area contributed by atoms with E-state index in [9.17, 15) is 0 Å². The summed E-state index contributed by atoms with van der Waals surface area (Å²) in [6.45, 7) is 4.50. The predicted octanol–water partition coefficient (Wildman–Crippen LogP) is 4.14. The third-order valence-electron chi connectivity index (χ3n) is 3.09. The molecule has 0 saturated heterocycles. The topological polar surface area (TPSA) is 0 Å². The Bertz CT molecular complexity index is 384. The van der Waals surface area contributed by atoms with Gasteiger partial charge in [-0.3, -0.25) is 0 Å². The average molecular weight is 198 g/mol. The van der Waals surface area contributed by atoms with Crippen LogP contribution in [0.3, 0.4) is 0 Å². The zero-order valence-corrected chi connectivity index (χ0v) is 9.53. The molecule has 0 fully saturated rings. The van der Waals surface area contributed by atoms with Gasteiger partial charge in [-0.2, -0.15) is 0 Å². The van der Waals surface area contributed by atoms with Crippen molar-refractivity contribution >= 4 is 0 Å². The Labute approximate surface area is 92.3 Å². The lowest BCUT2D eigenvalue weighted by Crippen LogP contribution is -2.17. The standard InChI is InChI=1S/C15H18/c1-13-8-10-15(2,11-9-13)12-14-6-4-3-5-7-14/h3-10H,11-12H2,1-2H3. The van der Waals surface area contributed by atoms with Crippen molar-refractivity contribution in [2.45, 2.75) is 26.7 Å². The van der Waals surface area contributed by atoms with Crippen LogP contribution >= 0.6 is 0 Å². The minimum atomic E-state index is 0.306. The highest BCUT2D eigenvalue weighted by atomic mass is 14.3. The predicted molar refractivity (Wildman–Crippen MR) is 65.8 cm³/mol. The molecule has 0 heteroatoms. The van der Waals surface area contributed by atoms with Crippen molar-refractivity contribution in [3.63, 3.8) is 0 Å². The fourth-order valence-corrected chi connectivity index (χ4v) is 2.06. The molecule has 1 aromatic carbocycles. The Hall–Kier alpha value is -1.30. The lowest BCUT2D eigenvalue weighted by molar-refractivity contribution is 0.425. The first kappa shape index (κ1) is 10.2. The lowest BCUT2D eigenvalue weighted by Gasteiger charge is -2.27. The van der Waals surface area contributed by atoms with E-state index in [-0.39, 0.29) is 0 Å². The van der Waals surface area contributed by atoms with Crippen LogP contribution in [0.5, 0.6) is 0 Å². The maximum Gasteiger partial charge on any atom is -0.00683 e. The molecule has 1 aliphatic carbocycles. The van der Waals surface area contributed by atoms with Crippen molar-refractivity contribution in [3.8, 4) is 0 Å². The number of benzene rings is 1. The molecule has 1 aromatic rings. The van der Waals surface area contributed by atoms with Crippen molar-refractivity contribution in [2.75, 3.05) is 0 Å². The molecule has 2 rings (SSSR count). The number of rotatable bonds is 2. The Morgan fingerprint density at radius 1 is 1.20 bits per heavy atom. The summed E-state index contributed by atoms with van der Waals surface area (Å²) >= 11 is 0. The summed E-state index contributed by atoms with van der Waals surface area (Å²) in [5, 5.41) is 0. The number of hydrogen-bond donors (Lipinski definition) is 0. The Kier molecular flexibility index (Phi) is 2.77. The fraction of sp³-hybridized carbons (Fsp3) is 0.333. The van der Waals surface area contributed by atoms with Crippen molar-refractivity contribution in [1.29, 1.82) is 0 Å². The van der Waals surface area contributed by atoms with Crippen molar-refractivity contribution in [1.82, 2.24) is 0 Å². The SMILES string of the molecule is CC1=CCC(C)(Cc2ccccc2)C=C1. The molecule has 0 N–H and O–H groups in total. The molecule has 0 aromatic heterocycles. The van der Waals surface area contributed by atoms with Gasteiger partial charge in [0, 0.05) is 0 Å². The molecule has 0 spiro atoms. The molecule has 0 heterocycles. The van der Waals surface area contributed by atoms with E-state index in [1.807, 2.05) is 0 Å². The molecule has 1 aliphatic rings. The van der Waals surface area contributed by atoms with Crippen LogP contribution < -0.4 is 0 Å². The highest BCUT2D eigenvalue weighted by Crippen LogP contribution is 2.32. The summed E-state index contributed by atoms with van der Waals surface area (Å²) in [6, 6.07) is 10.7. The van der Waals surface area contributed by atoms with Gasteiger partial charge in [0.25, 0.3) is 0 Å². The minimum Gasteiger partial charge on any atom is -0.0807 e. The minimum absolute atomic E-state index is 0.306. The van der Waals surface area contributed by atoms with Crippen molar-refractivity contribution < 1.29 is 0 Å². The molecule has 0 nitrogen and oxygen atoms in total. The van der Waals surface area contributed by atoms with Gasteiger partial charge in [0.15, 0.2) is 0 Å². The van der Waals surface area contributed by atoms with Crippen LogP contribution in [0, 0.1) is 5.41 Å². The molecule has 0 amide bonds. The Morgan fingerprint density at radius 2 is 1.93 bits per heavy atom. The molecule has 78 valence electrons. The van der Waals surface area contributed by atoms with Crippen LogP contribution in [0.25, 0.3) is 0 Å². The van der Waals surface area contributed by atoms with Crippen LogP contribution in [0.2, 0.25) is 0 Å². The summed E-state index contributed by atoms with van der Waals surface area (Å²) < 4.78 is 0. The van der Waals surface area contributed by atoms with Gasteiger partial charge in [0.1, 0.15) is 0 Å². The zero-order chi connectivity index (χ0) is 10.7. The fourth-order valence-electron chi connectivity index (χ4n) is 2.06. The normalized spacial score (nSPS) is 25.1. The lowest BCUT2D eigenvalue weighted by atomic mass is 9.77. The third-order valence-corrected chi connectivity index (χ3v) is 3.09. The van der Waals surface area contributed by atoms with E-state index in [0.29, 0.717) is 5.41 Å². The molecule has 15 heavy (non-hydrogen) atoms. The summed E-state index contributed by atoms with van der Waals surface area (Å²) in [5.74, 6) is 0. The number of allylic oxidation sites excluding steroid dienone is 4. The van der Waals surface area contributed by atoms with E-state index in [4.69, 9.17) is 0 Å². The van der Waals surface area contributed by atoms with Gasteiger partial charge in [0.2, 0.25) is 0 Å². The first-order valence-corrected chi connectivity index (χ1v) is 5.58. The summed E-state index contributed by atoms with van der Waals surface area (Å²) in [5.41, 5.74) is 3.12.